The molecule has 0 fully saturated rings. The summed E-state index contributed by atoms with van der Waals surface area (Å²) in [5, 5.41) is 0.524. The highest BCUT2D eigenvalue weighted by atomic mass is 35.5. The maximum absolute atomic E-state index is 12.5. The Morgan fingerprint density at radius 2 is 1.69 bits per heavy atom. The van der Waals surface area contributed by atoms with Crippen LogP contribution in [0.1, 0.15) is 5.76 Å². The monoisotopic (exact) mass is 390 g/mol. The molecule has 0 unspecified atom stereocenters. The van der Waals surface area contributed by atoms with E-state index in [0.29, 0.717) is 16.5 Å². The second-order valence-corrected chi connectivity index (χ2v) is 8.12. The van der Waals surface area contributed by atoms with Crippen LogP contribution in [0, 0.1) is 6.92 Å². The molecule has 3 aromatic rings. The van der Waals surface area contributed by atoms with Crippen LogP contribution in [0.3, 0.4) is 0 Å². The number of aryl methyl sites for hydroxylation is 1. The van der Waals surface area contributed by atoms with Gasteiger partial charge in [-0.05, 0) is 43.3 Å². The minimum absolute atomic E-state index is 0.0507. The van der Waals surface area contributed by atoms with Crippen molar-refractivity contribution in [1.82, 2.24) is 0 Å². The highest BCUT2D eigenvalue weighted by molar-refractivity contribution is 7.90. The standard InChI is InChI=1S/C19H15ClO5S/c1-12-11-16(21)19(25-14-9-7-13(20)8-10-14)18(24-12)15-5-3-4-6-17(15)26(2,22)23/h3-11H,1-2H3. The second kappa shape index (κ2) is 6.97. The molecule has 0 saturated heterocycles. The number of rotatable bonds is 4. The zero-order valence-electron chi connectivity index (χ0n) is 14.0. The Balaban J connectivity index is 2.23. The van der Waals surface area contributed by atoms with Gasteiger partial charge >= 0.3 is 0 Å². The number of sulfone groups is 1. The van der Waals surface area contributed by atoms with Crippen LogP contribution in [0.4, 0.5) is 0 Å². The molecule has 2 aromatic carbocycles. The largest absolute Gasteiger partial charge is 0.457 e. The van der Waals surface area contributed by atoms with Crippen LogP contribution in [0.5, 0.6) is 11.5 Å². The van der Waals surface area contributed by atoms with Gasteiger partial charge in [0.2, 0.25) is 11.2 Å². The second-order valence-electron chi connectivity index (χ2n) is 5.70. The molecule has 26 heavy (non-hydrogen) atoms. The highest BCUT2D eigenvalue weighted by Crippen LogP contribution is 2.35. The number of benzene rings is 2. The molecule has 5 nitrogen and oxygen atoms in total. The van der Waals surface area contributed by atoms with E-state index in [1.54, 1.807) is 49.4 Å². The molecule has 1 heterocycles. The molecule has 0 radical (unpaired) electrons. The van der Waals surface area contributed by atoms with Crippen LogP contribution < -0.4 is 10.2 Å². The molecule has 0 aliphatic carbocycles. The molecule has 7 heteroatoms. The Bertz CT molecular complexity index is 1120. The minimum atomic E-state index is -3.54. The Morgan fingerprint density at radius 3 is 2.35 bits per heavy atom. The van der Waals surface area contributed by atoms with Crippen molar-refractivity contribution >= 4 is 21.4 Å². The zero-order valence-corrected chi connectivity index (χ0v) is 15.6. The van der Waals surface area contributed by atoms with Gasteiger partial charge < -0.3 is 9.15 Å². The molecule has 0 aliphatic heterocycles. The van der Waals surface area contributed by atoms with E-state index in [1.807, 2.05) is 0 Å². The van der Waals surface area contributed by atoms with E-state index in [-0.39, 0.29) is 22.0 Å². The lowest BCUT2D eigenvalue weighted by molar-refractivity contribution is 0.438. The summed E-state index contributed by atoms with van der Waals surface area (Å²) in [6.07, 6.45) is 1.10. The van der Waals surface area contributed by atoms with E-state index in [1.165, 1.54) is 12.1 Å². The first-order valence-corrected chi connectivity index (χ1v) is 9.90. The Morgan fingerprint density at radius 1 is 1.04 bits per heavy atom. The first-order chi connectivity index (χ1) is 12.3. The van der Waals surface area contributed by atoms with E-state index in [4.69, 9.17) is 20.8 Å². The number of halogens is 1. The number of hydrogen-bond acceptors (Lipinski definition) is 5. The molecule has 0 saturated carbocycles. The molecule has 0 amide bonds. The summed E-state index contributed by atoms with van der Waals surface area (Å²) in [6, 6.07) is 14.0. The van der Waals surface area contributed by atoms with Gasteiger partial charge in [0.15, 0.2) is 15.6 Å². The Kier molecular flexibility index (Phi) is 4.89. The van der Waals surface area contributed by atoms with Crippen LogP contribution in [-0.4, -0.2) is 14.7 Å². The third-order valence-corrected chi connectivity index (χ3v) is 5.00. The molecule has 0 aliphatic rings. The summed E-state index contributed by atoms with van der Waals surface area (Å²) < 4.78 is 35.7. The summed E-state index contributed by atoms with van der Waals surface area (Å²) in [5.74, 6) is 0.695. The van der Waals surface area contributed by atoms with Crippen LogP contribution in [-0.2, 0) is 9.84 Å². The van der Waals surface area contributed by atoms with Gasteiger partial charge in [0.25, 0.3) is 0 Å². The quantitative estimate of drug-likeness (QED) is 0.657. The Hall–Kier alpha value is -2.57. The molecule has 1 aromatic heterocycles. The number of ether oxygens (including phenoxy) is 1. The van der Waals surface area contributed by atoms with Gasteiger partial charge in [0, 0.05) is 22.9 Å². The molecule has 3 rings (SSSR count). The molecule has 0 spiro atoms. The van der Waals surface area contributed by atoms with Gasteiger partial charge in [-0.2, -0.15) is 0 Å². The topological polar surface area (TPSA) is 73.6 Å². The predicted octanol–water partition coefficient (Wildman–Crippen LogP) is 4.46. The van der Waals surface area contributed by atoms with E-state index < -0.39 is 15.3 Å². The maximum Gasteiger partial charge on any atom is 0.228 e. The molecule has 0 N–H and O–H groups in total. The number of hydrogen-bond donors (Lipinski definition) is 0. The highest BCUT2D eigenvalue weighted by Gasteiger charge is 2.22. The van der Waals surface area contributed by atoms with Crippen molar-refractivity contribution in [3.05, 3.63) is 75.6 Å². The molecule has 0 atom stereocenters. The maximum atomic E-state index is 12.5. The lowest BCUT2D eigenvalue weighted by Gasteiger charge is -2.13. The SMILES string of the molecule is Cc1cc(=O)c(Oc2ccc(Cl)cc2)c(-c2ccccc2S(C)(=O)=O)o1. The first-order valence-electron chi connectivity index (χ1n) is 7.63. The van der Waals surface area contributed by atoms with Gasteiger partial charge in [-0.3, -0.25) is 4.79 Å². The lowest BCUT2D eigenvalue weighted by atomic mass is 10.1. The normalized spacial score (nSPS) is 11.3. The summed E-state index contributed by atoms with van der Waals surface area (Å²) in [6.45, 7) is 1.61. The fourth-order valence-corrected chi connectivity index (χ4v) is 3.48. The van der Waals surface area contributed by atoms with Gasteiger partial charge in [-0.15, -0.1) is 0 Å². The van der Waals surface area contributed by atoms with Crippen LogP contribution in [0.2, 0.25) is 5.02 Å². The zero-order chi connectivity index (χ0) is 18.9. The van der Waals surface area contributed by atoms with Gasteiger partial charge in [-0.1, -0.05) is 23.7 Å². The lowest BCUT2D eigenvalue weighted by Crippen LogP contribution is -2.08. The smallest absolute Gasteiger partial charge is 0.228 e. The minimum Gasteiger partial charge on any atom is -0.457 e. The predicted molar refractivity (Wildman–Crippen MR) is 99.8 cm³/mol. The summed E-state index contributed by atoms with van der Waals surface area (Å²) in [5.41, 5.74) is -0.151. The fraction of sp³-hybridized carbons (Fsp3) is 0.105. The van der Waals surface area contributed by atoms with Crippen molar-refractivity contribution in [3.8, 4) is 22.8 Å². The summed E-state index contributed by atoms with van der Waals surface area (Å²) in [4.78, 5) is 12.6. The molecule has 134 valence electrons. The van der Waals surface area contributed by atoms with E-state index >= 15 is 0 Å². The van der Waals surface area contributed by atoms with Crippen LogP contribution in [0.15, 0.2) is 68.7 Å². The van der Waals surface area contributed by atoms with Crippen molar-refractivity contribution in [2.75, 3.05) is 6.26 Å². The van der Waals surface area contributed by atoms with Gasteiger partial charge in [-0.25, -0.2) is 8.42 Å². The van der Waals surface area contributed by atoms with Gasteiger partial charge in [0.05, 0.1) is 4.90 Å². The third-order valence-electron chi connectivity index (χ3n) is 3.59. The molecule has 0 bridgehead atoms. The summed E-state index contributed by atoms with van der Waals surface area (Å²) >= 11 is 5.86. The van der Waals surface area contributed by atoms with E-state index in [2.05, 4.69) is 0 Å². The van der Waals surface area contributed by atoms with Gasteiger partial charge in [0.1, 0.15) is 11.5 Å². The average molecular weight is 391 g/mol. The molecular weight excluding hydrogens is 376 g/mol. The third kappa shape index (κ3) is 3.81. The van der Waals surface area contributed by atoms with Crippen molar-refractivity contribution in [2.24, 2.45) is 0 Å². The first kappa shape index (κ1) is 18.2. The average Bonchev–Trinajstić information content (AvgIpc) is 2.58. The van der Waals surface area contributed by atoms with Crippen molar-refractivity contribution in [3.63, 3.8) is 0 Å². The Labute approximate surface area is 155 Å². The van der Waals surface area contributed by atoms with Crippen molar-refractivity contribution in [1.29, 1.82) is 0 Å². The van der Waals surface area contributed by atoms with Crippen LogP contribution in [0.25, 0.3) is 11.3 Å². The fourth-order valence-electron chi connectivity index (χ4n) is 2.47. The van der Waals surface area contributed by atoms with E-state index in [9.17, 15) is 13.2 Å². The van der Waals surface area contributed by atoms with Crippen LogP contribution >= 0.6 is 11.6 Å². The molecular formula is C19H15ClO5S. The van der Waals surface area contributed by atoms with Crippen molar-refractivity contribution in [2.45, 2.75) is 11.8 Å². The van der Waals surface area contributed by atoms with E-state index in [0.717, 1.165) is 6.26 Å². The van der Waals surface area contributed by atoms with Crippen molar-refractivity contribution < 1.29 is 17.6 Å². The summed E-state index contributed by atoms with van der Waals surface area (Å²) in [7, 11) is -3.54.